The number of aryl methyl sites for hydroxylation is 2. The van der Waals surface area contributed by atoms with Gasteiger partial charge in [-0.1, -0.05) is 80.8 Å². The molecule has 0 saturated heterocycles. The molecule has 2 aromatic carbocycles. The number of rotatable bonds is 9. The molecule has 3 rings (SSSR count). The highest BCUT2D eigenvalue weighted by molar-refractivity contribution is 5.88. The number of hydrogen-bond donors (Lipinski definition) is 1. The molecule has 2 aromatic rings. The molecular weight excluding hydrogens is 384 g/mol. The maximum atomic E-state index is 13.4. The molecule has 4 heteroatoms. The summed E-state index contributed by atoms with van der Waals surface area (Å²) < 4.78 is 0. The molecule has 0 radical (unpaired) electrons. The van der Waals surface area contributed by atoms with E-state index >= 15 is 0 Å². The number of amides is 2. The molecule has 1 N–H and O–H groups in total. The van der Waals surface area contributed by atoms with Crippen LogP contribution in [0.2, 0.25) is 0 Å². The molecule has 4 nitrogen and oxygen atoms in total. The van der Waals surface area contributed by atoms with Gasteiger partial charge in [0.1, 0.15) is 6.04 Å². The van der Waals surface area contributed by atoms with Crippen molar-refractivity contribution in [2.75, 3.05) is 0 Å². The van der Waals surface area contributed by atoms with Gasteiger partial charge in [-0.25, -0.2) is 0 Å². The first-order valence-corrected chi connectivity index (χ1v) is 11.8. The van der Waals surface area contributed by atoms with Gasteiger partial charge in [-0.15, -0.1) is 0 Å². The molecule has 0 aromatic heterocycles. The quantitative estimate of drug-likeness (QED) is 0.607. The van der Waals surface area contributed by atoms with Crippen molar-refractivity contribution in [1.82, 2.24) is 10.2 Å². The van der Waals surface area contributed by atoms with Gasteiger partial charge in [-0.05, 0) is 49.3 Å². The van der Waals surface area contributed by atoms with Crippen molar-refractivity contribution in [1.29, 1.82) is 0 Å². The molecule has 1 saturated carbocycles. The Bertz CT molecular complexity index is 843. The minimum absolute atomic E-state index is 0.00366. The lowest BCUT2D eigenvalue weighted by molar-refractivity contribution is -0.141. The van der Waals surface area contributed by atoms with Gasteiger partial charge in [0, 0.05) is 19.0 Å². The van der Waals surface area contributed by atoms with Gasteiger partial charge in [0.25, 0.3) is 0 Å². The standard InChI is InChI=1S/C27H36N2O2/c1-3-25(27(31)28-24-16-8-5-9-17-24)29(20-23-15-11-10-12-21(23)2)26(30)19-18-22-13-6-4-7-14-22/h4,6-7,10-15,24-25H,3,5,8-9,16-20H2,1-2H3,(H,28,31). The molecule has 0 heterocycles. The first-order valence-electron chi connectivity index (χ1n) is 11.8. The van der Waals surface area contributed by atoms with Crippen molar-refractivity contribution < 1.29 is 9.59 Å². The molecule has 0 bridgehead atoms. The Kier molecular flexibility index (Phi) is 8.69. The number of benzene rings is 2. The summed E-state index contributed by atoms with van der Waals surface area (Å²) in [7, 11) is 0. The van der Waals surface area contributed by atoms with E-state index in [-0.39, 0.29) is 17.9 Å². The fourth-order valence-corrected chi connectivity index (χ4v) is 4.47. The largest absolute Gasteiger partial charge is 0.352 e. The zero-order valence-corrected chi connectivity index (χ0v) is 19.0. The molecule has 1 fully saturated rings. The highest BCUT2D eigenvalue weighted by Gasteiger charge is 2.30. The van der Waals surface area contributed by atoms with Crippen LogP contribution in [-0.2, 0) is 22.6 Å². The Hall–Kier alpha value is -2.62. The van der Waals surface area contributed by atoms with E-state index in [2.05, 4.69) is 24.4 Å². The molecular formula is C27H36N2O2. The van der Waals surface area contributed by atoms with Crippen LogP contribution < -0.4 is 5.32 Å². The molecule has 1 aliphatic rings. The van der Waals surface area contributed by atoms with E-state index in [0.29, 0.717) is 25.8 Å². The Labute approximate surface area is 187 Å². The van der Waals surface area contributed by atoms with E-state index < -0.39 is 6.04 Å². The Morgan fingerprint density at radius 2 is 1.68 bits per heavy atom. The zero-order chi connectivity index (χ0) is 22.1. The fourth-order valence-electron chi connectivity index (χ4n) is 4.47. The van der Waals surface area contributed by atoms with Crippen LogP contribution in [-0.4, -0.2) is 28.8 Å². The van der Waals surface area contributed by atoms with Crippen molar-refractivity contribution >= 4 is 11.8 Å². The molecule has 1 aliphatic carbocycles. The predicted molar refractivity (Wildman–Crippen MR) is 126 cm³/mol. The number of hydrogen-bond acceptors (Lipinski definition) is 2. The first kappa shape index (κ1) is 23.1. The van der Waals surface area contributed by atoms with E-state index in [9.17, 15) is 9.59 Å². The molecule has 166 valence electrons. The van der Waals surface area contributed by atoms with Gasteiger partial charge in [-0.2, -0.15) is 0 Å². The van der Waals surface area contributed by atoms with Crippen LogP contribution >= 0.6 is 0 Å². The van der Waals surface area contributed by atoms with Crippen molar-refractivity contribution in [2.24, 2.45) is 0 Å². The summed E-state index contributed by atoms with van der Waals surface area (Å²) in [6.07, 6.45) is 7.38. The van der Waals surface area contributed by atoms with Crippen LogP contribution in [0.15, 0.2) is 54.6 Å². The van der Waals surface area contributed by atoms with E-state index in [1.807, 2.05) is 54.3 Å². The second-order valence-electron chi connectivity index (χ2n) is 8.70. The zero-order valence-electron chi connectivity index (χ0n) is 19.0. The van der Waals surface area contributed by atoms with Crippen molar-refractivity contribution in [3.8, 4) is 0 Å². The summed E-state index contributed by atoms with van der Waals surface area (Å²) in [6.45, 7) is 4.53. The summed E-state index contributed by atoms with van der Waals surface area (Å²) in [4.78, 5) is 28.4. The van der Waals surface area contributed by atoms with Gasteiger partial charge >= 0.3 is 0 Å². The van der Waals surface area contributed by atoms with E-state index in [4.69, 9.17) is 0 Å². The highest BCUT2D eigenvalue weighted by Crippen LogP contribution is 2.20. The Morgan fingerprint density at radius 1 is 1.00 bits per heavy atom. The summed E-state index contributed by atoms with van der Waals surface area (Å²) in [5.74, 6) is 0.0359. The van der Waals surface area contributed by atoms with Gasteiger partial charge in [-0.3, -0.25) is 9.59 Å². The monoisotopic (exact) mass is 420 g/mol. The SMILES string of the molecule is CCC(C(=O)NC1CCCCC1)N(Cc1ccccc1C)C(=O)CCc1ccccc1. The minimum atomic E-state index is -0.440. The molecule has 0 aliphatic heterocycles. The summed E-state index contributed by atoms with van der Waals surface area (Å²) in [5, 5.41) is 3.25. The third kappa shape index (κ3) is 6.68. The first-order chi connectivity index (χ1) is 15.1. The summed E-state index contributed by atoms with van der Waals surface area (Å²) in [5.41, 5.74) is 3.39. The predicted octanol–water partition coefficient (Wildman–Crippen LogP) is 5.18. The van der Waals surface area contributed by atoms with Crippen molar-refractivity contribution in [2.45, 2.75) is 83.8 Å². The molecule has 31 heavy (non-hydrogen) atoms. The lowest BCUT2D eigenvalue weighted by Crippen LogP contribution is -2.51. The third-order valence-corrected chi connectivity index (χ3v) is 6.41. The number of nitrogens with zero attached hydrogens (tertiary/aromatic N) is 1. The summed E-state index contributed by atoms with van der Waals surface area (Å²) >= 11 is 0. The lowest BCUT2D eigenvalue weighted by Gasteiger charge is -2.33. The van der Waals surface area contributed by atoms with Crippen LogP contribution in [0.25, 0.3) is 0 Å². The second-order valence-corrected chi connectivity index (χ2v) is 8.70. The number of nitrogens with one attached hydrogen (secondary N) is 1. The fraction of sp³-hybridized carbons (Fsp3) is 0.481. The Balaban J connectivity index is 1.75. The van der Waals surface area contributed by atoms with Gasteiger partial charge < -0.3 is 10.2 Å². The van der Waals surface area contributed by atoms with Gasteiger partial charge in [0.15, 0.2) is 0 Å². The van der Waals surface area contributed by atoms with E-state index in [1.54, 1.807) is 0 Å². The van der Waals surface area contributed by atoms with Crippen LogP contribution in [0.4, 0.5) is 0 Å². The third-order valence-electron chi connectivity index (χ3n) is 6.41. The molecule has 1 atom stereocenters. The molecule has 1 unspecified atom stereocenters. The smallest absolute Gasteiger partial charge is 0.243 e. The van der Waals surface area contributed by atoms with Gasteiger partial charge in [0.2, 0.25) is 11.8 Å². The van der Waals surface area contributed by atoms with Gasteiger partial charge in [0.05, 0.1) is 0 Å². The van der Waals surface area contributed by atoms with Crippen LogP contribution in [0, 0.1) is 6.92 Å². The molecule has 2 amide bonds. The average molecular weight is 421 g/mol. The van der Waals surface area contributed by atoms with Crippen LogP contribution in [0.1, 0.15) is 68.6 Å². The summed E-state index contributed by atoms with van der Waals surface area (Å²) in [6, 6.07) is 18.0. The second kappa shape index (κ2) is 11.7. The maximum absolute atomic E-state index is 13.4. The highest BCUT2D eigenvalue weighted by atomic mass is 16.2. The normalized spacial score (nSPS) is 15.3. The Morgan fingerprint density at radius 3 is 2.35 bits per heavy atom. The van der Waals surface area contributed by atoms with Crippen LogP contribution in [0.3, 0.4) is 0 Å². The van der Waals surface area contributed by atoms with E-state index in [0.717, 1.165) is 29.5 Å². The minimum Gasteiger partial charge on any atom is -0.352 e. The molecule has 0 spiro atoms. The van der Waals surface area contributed by atoms with Crippen molar-refractivity contribution in [3.05, 3.63) is 71.3 Å². The maximum Gasteiger partial charge on any atom is 0.243 e. The van der Waals surface area contributed by atoms with E-state index in [1.165, 1.54) is 19.3 Å². The van der Waals surface area contributed by atoms with Crippen LogP contribution in [0.5, 0.6) is 0 Å². The lowest BCUT2D eigenvalue weighted by atomic mass is 9.95. The topological polar surface area (TPSA) is 49.4 Å². The van der Waals surface area contributed by atoms with Crippen molar-refractivity contribution in [3.63, 3.8) is 0 Å². The number of carbonyl (C=O) groups excluding carboxylic acids is 2. The number of carbonyl (C=O) groups is 2. The average Bonchev–Trinajstić information content (AvgIpc) is 2.80.